The van der Waals surface area contributed by atoms with Gasteiger partial charge in [-0.3, -0.25) is 4.79 Å². The Balaban J connectivity index is 2.27. The highest BCUT2D eigenvalue weighted by Crippen LogP contribution is 2.19. The van der Waals surface area contributed by atoms with Crippen molar-refractivity contribution in [3.8, 4) is 11.4 Å². The van der Waals surface area contributed by atoms with Gasteiger partial charge >= 0.3 is 5.97 Å². The van der Waals surface area contributed by atoms with E-state index in [1.165, 1.54) is 10.9 Å². The molecule has 6 heteroatoms. The van der Waals surface area contributed by atoms with Gasteiger partial charge < -0.3 is 9.84 Å². The molecule has 0 aliphatic rings. The molecule has 1 heterocycles. The molecule has 106 valence electrons. The standard InChI is InChI=1S/C14H17N3O3/c1-3-10(2)20-13-6-4-5-11(7-13)17-12(8-14(18)19)9-15-16-17/h4-7,9-10H,3,8H2,1-2H3,(H,18,19). The minimum absolute atomic E-state index is 0.122. The fourth-order valence-electron chi connectivity index (χ4n) is 1.75. The van der Waals surface area contributed by atoms with Gasteiger partial charge in [0, 0.05) is 6.07 Å². The molecule has 2 aromatic rings. The highest BCUT2D eigenvalue weighted by Gasteiger charge is 2.11. The molecule has 6 nitrogen and oxygen atoms in total. The van der Waals surface area contributed by atoms with Crippen LogP contribution < -0.4 is 4.74 Å². The number of aliphatic carboxylic acids is 1. The van der Waals surface area contributed by atoms with Gasteiger partial charge in [-0.2, -0.15) is 0 Å². The van der Waals surface area contributed by atoms with Crippen molar-refractivity contribution in [1.29, 1.82) is 0 Å². The van der Waals surface area contributed by atoms with Gasteiger partial charge in [0.25, 0.3) is 0 Å². The topological polar surface area (TPSA) is 77.2 Å². The predicted octanol–water partition coefficient (Wildman–Crippen LogP) is 2.07. The van der Waals surface area contributed by atoms with Crippen molar-refractivity contribution in [2.75, 3.05) is 0 Å². The number of carboxylic acid groups (broad SMARTS) is 1. The van der Waals surface area contributed by atoms with Gasteiger partial charge in [-0.15, -0.1) is 5.10 Å². The lowest BCUT2D eigenvalue weighted by Gasteiger charge is -2.13. The highest BCUT2D eigenvalue weighted by molar-refractivity contribution is 5.69. The van der Waals surface area contributed by atoms with E-state index in [0.29, 0.717) is 5.69 Å². The van der Waals surface area contributed by atoms with Gasteiger partial charge in [0.05, 0.1) is 30.1 Å². The smallest absolute Gasteiger partial charge is 0.309 e. The number of ether oxygens (including phenoxy) is 1. The van der Waals surface area contributed by atoms with E-state index < -0.39 is 5.97 Å². The van der Waals surface area contributed by atoms with Crippen LogP contribution in [0.15, 0.2) is 30.5 Å². The average molecular weight is 275 g/mol. The molecule has 1 unspecified atom stereocenters. The molecule has 0 saturated heterocycles. The van der Waals surface area contributed by atoms with Crippen LogP contribution in [0.25, 0.3) is 5.69 Å². The molecule has 0 bridgehead atoms. The Morgan fingerprint density at radius 1 is 1.50 bits per heavy atom. The predicted molar refractivity (Wildman–Crippen MR) is 73.1 cm³/mol. The van der Waals surface area contributed by atoms with Crippen LogP contribution in [-0.2, 0) is 11.2 Å². The number of carboxylic acids is 1. The van der Waals surface area contributed by atoms with E-state index in [0.717, 1.165) is 17.9 Å². The van der Waals surface area contributed by atoms with Gasteiger partial charge in [0.15, 0.2) is 0 Å². The van der Waals surface area contributed by atoms with Gasteiger partial charge in [-0.1, -0.05) is 18.2 Å². The fraction of sp³-hybridized carbons (Fsp3) is 0.357. The van der Waals surface area contributed by atoms with Crippen LogP contribution in [0.3, 0.4) is 0 Å². The van der Waals surface area contributed by atoms with Crippen LogP contribution in [-0.4, -0.2) is 32.2 Å². The van der Waals surface area contributed by atoms with E-state index in [2.05, 4.69) is 17.2 Å². The second kappa shape index (κ2) is 6.18. The molecule has 0 radical (unpaired) electrons. The molecule has 0 aliphatic heterocycles. The normalized spacial score (nSPS) is 12.1. The van der Waals surface area contributed by atoms with Crippen molar-refractivity contribution >= 4 is 5.97 Å². The van der Waals surface area contributed by atoms with E-state index in [9.17, 15) is 4.79 Å². The zero-order valence-corrected chi connectivity index (χ0v) is 11.5. The SMILES string of the molecule is CCC(C)Oc1cccc(-n2nncc2CC(=O)O)c1. The molecule has 20 heavy (non-hydrogen) atoms. The third kappa shape index (κ3) is 3.34. The Labute approximate surface area is 117 Å². The summed E-state index contributed by atoms with van der Waals surface area (Å²) in [5.41, 5.74) is 1.26. The summed E-state index contributed by atoms with van der Waals surface area (Å²) in [5, 5.41) is 16.6. The Hall–Kier alpha value is -2.37. The van der Waals surface area contributed by atoms with Crippen molar-refractivity contribution < 1.29 is 14.6 Å². The quantitative estimate of drug-likeness (QED) is 0.873. The highest BCUT2D eigenvalue weighted by atomic mass is 16.5. The Morgan fingerprint density at radius 2 is 2.30 bits per heavy atom. The molecule has 1 N–H and O–H groups in total. The molecule has 1 atom stereocenters. The number of rotatable bonds is 6. The molecule has 1 aromatic heterocycles. The minimum Gasteiger partial charge on any atom is -0.491 e. The van der Waals surface area contributed by atoms with Gasteiger partial charge in [-0.25, -0.2) is 4.68 Å². The molecule has 1 aromatic carbocycles. The van der Waals surface area contributed by atoms with E-state index in [4.69, 9.17) is 9.84 Å². The van der Waals surface area contributed by atoms with E-state index in [1.807, 2.05) is 31.2 Å². The zero-order chi connectivity index (χ0) is 14.5. The minimum atomic E-state index is -0.916. The van der Waals surface area contributed by atoms with Gasteiger partial charge in [0.1, 0.15) is 5.75 Å². The van der Waals surface area contributed by atoms with Crippen LogP contribution in [0.2, 0.25) is 0 Å². The summed E-state index contributed by atoms with van der Waals surface area (Å²) < 4.78 is 7.26. The molecule has 0 saturated carbocycles. The lowest BCUT2D eigenvalue weighted by atomic mass is 10.2. The Kier molecular flexibility index (Phi) is 4.34. The maximum atomic E-state index is 10.8. The third-order valence-corrected chi connectivity index (χ3v) is 2.93. The van der Waals surface area contributed by atoms with Crippen molar-refractivity contribution in [3.05, 3.63) is 36.2 Å². The number of benzene rings is 1. The van der Waals surface area contributed by atoms with Crippen LogP contribution in [0.5, 0.6) is 5.75 Å². The molecule has 2 rings (SSSR count). The van der Waals surface area contributed by atoms with Crippen LogP contribution in [0, 0.1) is 0 Å². The molecule has 0 amide bonds. The number of hydrogen-bond donors (Lipinski definition) is 1. The summed E-state index contributed by atoms with van der Waals surface area (Å²) in [6, 6.07) is 7.37. The van der Waals surface area contributed by atoms with Crippen LogP contribution >= 0.6 is 0 Å². The van der Waals surface area contributed by atoms with E-state index in [-0.39, 0.29) is 12.5 Å². The first-order valence-electron chi connectivity index (χ1n) is 6.48. The fourth-order valence-corrected chi connectivity index (χ4v) is 1.75. The number of carbonyl (C=O) groups is 1. The number of aromatic nitrogens is 3. The zero-order valence-electron chi connectivity index (χ0n) is 11.5. The van der Waals surface area contributed by atoms with Gasteiger partial charge in [-0.05, 0) is 25.5 Å². The Morgan fingerprint density at radius 3 is 3.00 bits per heavy atom. The Bertz CT molecular complexity index is 595. The van der Waals surface area contributed by atoms with Crippen molar-refractivity contribution in [1.82, 2.24) is 15.0 Å². The lowest BCUT2D eigenvalue weighted by molar-refractivity contribution is -0.136. The lowest BCUT2D eigenvalue weighted by Crippen LogP contribution is -2.11. The van der Waals surface area contributed by atoms with Crippen LogP contribution in [0.4, 0.5) is 0 Å². The van der Waals surface area contributed by atoms with Crippen molar-refractivity contribution in [2.45, 2.75) is 32.8 Å². The summed E-state index contributed by atoms with van der Waals surface area (Å²) >= 11 is 0. The van der Waals surface area contributed by atoms with E-state index in [1.54, 1.807) is 0 Å². The second-order valence-corrected chi connectivity index (χ2v) is 4.54. The maximum absolute atomic E-state index is 10.8. The monoisotopic (exact) mass is 275 g/mol. The summed E-state index contributed by atoms with van der Waals surface area (Å²) in [7, 11) is 0. The van der Waals surface area contributed by atoms with Crippen LogP contribution in [0.1, 0.15) is 26.0 Å². The summed E-state index contributed by atoms with van der Waals surface area (Å²) in [4.78, 5) is 10.8. The van der Waals surface area contributed by atoms with Crippen molar-refractivity contribution in [3.63, 3.8) is 0 Å². The number of nitrogens with zero attached hydrogens (tertiary/aromatic N) is 3. The summed E-state index contributed by atoms with van der Waals surface area (Å²) in [6.07, 6.45) is 2.37. The third-order valence-electron chi connectivity index (χ3n) is 2.93. The summed E-state index contributed by atoms with van der Waals surface area (Å²) in [6.45, 7) is 4.05. The molecule has 0 spiro atoms. The van der Waals surface area contributed by atoms with Crippen molar-refractivity contribution in [2.24, 2.45) is 0 Å². The maximum Gasteiger partial charge on any atom is 0.309 e. The van der Waals surface area contributed by atoms with E-state index >= 15 is 0 Å². The first-order chi connectivity index (χ1) is 9.60. The molecular weight excluding hydrogens is 258 g/mol. The molecular formula is C14H17N3O3. The number of hydrogen-bond acceptors (Lipinski definition) is 4. The molecule has 0 aliphatic carbocycles. The average Bonchev–Trinajstić information content (AvgIpc) is 2.86. The first-order valence-corrected chi connectivity index (χ1v) is 6.48. The largest absolute Gasteiger partial charge is 0.491 e. The van der Waals surface area contributed by atoms with Gasteiger partial charge in [0.2, 0.25) is 0 Å². The summed E-state index contributed by atoms with van der Waals surface area (Å²) in [5.74, 6) is -0.186. The molecule has 0 fully saturated rings. The second-order valence-electron chi connectivity index (χ2n) is 4.54. The first kappa shape index (κ1) is 14.0.